The highest BCUT2D eigenvalue weighted by molar-refractivity contribution is 6.30. The minimum Gasteiger partial charge on any atom is -0.293 e. The molecule has 0 saturated carbocycles. The van der Waals surface area contributed by atoms with E-state index in [2.05, 4.69) is 11.1 Å². The molecule has 4 nitrogen and oxygen atoms in total. The summed E-state index contributed by atoms with van der Waals surface area (Å²) in [6.45, 7) is 3.75. The number of Topliss-reactive ketones (excluding diaryl/α,β-unsaturated/α-hetero) is 1. The number of nitriles is 1. The van der Waals surface area contributed by atoms with Crippen molar-refractivity contribution < 1.29 is 4.79 Å². The molecule has 26 heavy (non-hydrogen) atoms. The molecular formula is C21H18ClN3O. The van der Waals surface area contributed by atoms with Crippen molar-refractivity contribution in [2.75, 3.05) is 0 Å². The molecule has 1 aromatic heterocycles. The zero-order valence-electron chi connectivity index (χ0n) is 14.7. The summed E-state index contributed by atoms with van der Waals surface area (Å²) in [6.07, 6.45) is 3.37. The minimum atomic E-state index is -0.634. The molecule has 0 N–H and O–H groups in total. The third-order valence-electron chi connectivity index (χ3n) is 5.78. The molecule has 0 amide bonds. The van der Waals surface area contributed by atoms with Gasteiger partial charge in [0.15, 0.2) is 5.78 Å². The van der Waals surface area contributed by atoms with Gasteiger partial charge in [0.25, 0.3) is 0 Å². The Hall–Kier alpha value is -2.51. The van der Waals surface area contributed by atoms with Crippen LogP contribution in [0.2, 0.25) is 5.15 Å². The second kappa shape index (κ2) is 6.03. The van der Waals surface area contributed by atoms with E-state index >= 15 is 0 Å². The first kappa shape index (κ1) is 16.9. The third kappa shape index (κ3) is 2.24. The number of nitrogens with zero attached hydrogens (tertiary/aromatic N) is 3. The van der Waals surface area contributed by atoms with Crippen molar-refractivity contribution in [1.29, 1.82) is 5.26 Å². The highest BCUT2D eigenvalue weighted by atomic mass is 35.5. The lowest BCUT2D eigenvalue weighted by molar-refractivity contribution is -0.121. The summed E-state index contributed by atoms with van der Waals surface area (Å²) < 4.78 is 0. The van der Waals surface area contributed by atoms with Gasteiger partial charge in [-0.3, -0.25) is 4.79 Å². The van der Waals surface area contributed by atoms with Gasteiger partial charge in [0.2, 0.25) is 0 Å². The average molecular weight is 364 g/mol. The van der Waals surface area contributed by atoms with E-state index in [4.69, 9.17) is 16.6 Å². The molecule has 0 radical (unpaired) electrons. The van der Waals surface area contributed by atoms with E-state index in [1.807, 2.05) is 50.3 Å². The van der Waals surface area contributed by atoms with Gasteiger partial charge in [-0.25, -0.2) is 9.97 Å². The Morgan fingerprint density at radius 1 is 1.27 bits per heavy atom. The zero-order valence-corrected chi connectivity index (χ0v) is 15.4. The van der Waals surface area contributed by atoms with E-state index in [0.717, 1.165) is 29.7 Å². The number of aryl methyl sites for hydroxylation is 1. The summed E-state index contributed by atoms with van der Waals surface area (Å²) >= 11 is 6.46. The van der Waals surface area contributed by atoms with Crippen molar-refractivity contribution in [3.8, 4) is 6.07 Å². The molecule has 1 aromatic carbocycles. The maximum Gasteiger partial charge on any atom is 0.176 e. The van der Waals surface area contributed by atoms with Crippen LogP contribution in [-0.2, 0) is 16.6 Å². The minimum absolute atomic E-state index is 0.0346. The molecule has 3 atom stereocenters. The predicted octanol–water partition coefficient (Wildman–Crippen LogP) is 3.96. The predicted molar refractivity (Wildman–Crippen MR) is 98.7 cm³/mol. The first-order chi connectivity index (χ1) is 12.5. The molecule has 1 heterocycles. The van der Waals surface area contributed by atoms with Crippen molar-refractivity contribution in [3.05, 3.63) is 69.8 Å². The Morgan fingerprint density at radius 2 is 2.00 bits per heavy atom. The Bertz CT molecular complexity index is 977. The van der Waals surface area contributed by atoms with E-state index in [9.17, 15) is 10.1 Å². The largest absolute Gasteiger partial charge is 0.293 e. The van der Waals surface area contributed by atoms with Gasteiger partial charge in [-0.2, -0.15) is 5.26 Å². The quantitative estimate of drug-likeness (QED) is 0.719. The van der Waals surface area contributed by atoms with Crippen molar-refractivity contribution in [3.63, 3.8) is 0 Å². The van der Waals surface area contributed by atoms with E-state index in [0.29, 0.717) is 11.0 Å². The Kier molecular flexibility index (Phi) is 3.93. The van der Waals surface area contributed by atoms with Crippen molar-refractivity contribution in [2.24, 2.45) is 11.8 Å². The SMILES string of the molecule is Cc1nc(Cl)c2c(n1)[C@@]1(c3ccccc3)C=C(C#N)C(=O)[C@@H](C)[C@@H]1CC2. The topological polar surface area (TPSA) is 66.6 Å². The number of allylic oxidation sites excluding steroid dienone is 2. The van der Waals surface area contributed by atoms with E-state index in [1.165, 1.54) is 0 Å². The second-order valence-corrected chi connectivity index (χ2v) is 7.45. The van der Waals surface area contributed by atoms with E-state index < -0.39 is 5.41 Å². The standard InChI is InChI=1S/C21H18ClN3O/c1-12-17-9-8-16-19(24-13(2)25-20(16)22)21(17,10-14(11-23)18(12)26)15-6-4-3-5-7-15/h3-7,10,12,17H,8-9H2,1-2H3/t12-,17-,21+/m0/s1. The van der Waals surface area contributed by atoms with Crippen molar-refractivity contribution >= 4 is 17.4 Å². The lowest BCUT2D eigenvalue weighted by Gasteiger charge is -2.48. The number of carbonyl (C=O) groups excluding carboxylic acids is 1. The fraction of sp³-hybridized carbons (Fsp3) is 0.333. The van der Waals surface area contributed by atoms with Crippen LogP contribution in [0.5, 0.6) is 0 Å². The molecule has 5 heteroatoms. The molecule has 4 rings (SSSR count). The molecule has 0 fully saturated rings. The molecule has 0 bridgehead atoms. The van der Waals surface area contributed by atoms with Crippen LogP contribution < -0.4 is 0 Å². The van der Waals surface area contributed by atoms with Crippen LogP contribution in [-0.4, -0.2) is 15.8 Å². The number of benzene rings is 1. The van der Waals surface area contributed by atoms with Gasteiger partial charge in [0.05, 0.1) is 16.7 Å². The van der Waals surface area contributed by atoms with Gasteiger partial charge in [-0.1, -0.05) is 48.9 Å². The Labute approximate surface area is 157 Å². The van der Waals surface area contributed by atoms with Crippen LogP contribution >= 0.6 is 11.6 Å². The molecule has 2 aliphatic rings. The highest BCUT2D eigenvalue weighted by Gasteiger charge is 2.53. The molecular weight excluding hydrogens is 346 g/mol. The number of carbonyl (C=O) groups is 1. The summed E-state index contributed by atoms with van der Waals surface area (Å²) in [5, 5.41) is 10.1. The van der Waals surface area contributed by atoms with Crippen LogP contribution in [0.15, 0.2) is 42.0 Å². The molecule has 2 aromatic rings. The number of rotatable bonds is 1. The van der Waals surface area contributed by atoms with E-state index in [1.54, 1.807) is 0 Å². The highest BCUT2D eigenvalue weighted by Crippen LogP contribution is 2.53. The second-order valence-electron chi connectivity index (χ2n) is 7.09. The van der Waals surface area contributed by atoms with Gasteiger partial charge >= 0.3 is 0 Å². The fourth-order valence-corrected chi connectivity index (χ4v) is 4.92. The number of fused-ring (bicyclic) bond motifs is 3. The average Bonchev–Trinajstić information content (AvgIpc) is 2.65. The maximum atomic E-state index is 12.7. The van der Waals surface area contributed by atoms with Crippen LogP contribution in [0.25, 0.3) is 0 Å². The van der Waals surface area contributed by atoms with Crippen LogP contribution in [0, 0.1) is 30.1 Å². The van der Waals surface area contributed by atoms with Gasteiger partial charge in [-0.05, 0) is 37.3 Å². The van der Waals surface area contributed by atoms with Crippen LogP contribution in [0.3, 0.4) is 0 Å². The molecule has 0 aliphatic heterocycles. The van der Waals surface area contributed by atoms with Crippen LogP contribution in [0.1, 0.15) is 36.0 Å². The lowest BCUT2D eigenvalue weighted by atomic mass is 9.54. The van der Waals surface area contributed by atoms with Gasteiger partial charge in [-0.15, -0.1) is 0 Å². The number of aromatic nitrogens is 2. The molecule has 0 saturated heterocycles. The first-order valence-corrected chi connectivity index (χ1v) is 9.13. The monoisotopic (exact) mass is 363 g/mol. The van der Waals surface area contributed by atoms with Crippen LogP contribution in [0.4, 0.5) is 0 Å². The lowest BCUT2D eigenvalue weighted by Crippen LogP contribution is -2.48. The van der Waals surface area contributed by atoms with Gasteiger partial charge < -0.3 is 0 Å². The van der Waals surface area contributed by atoms with Gasteiger partial charge in [0, 0.05) is 11.5 Å². The molecule has 130 valence electrons. The maximum absolute atomic E-state index is 12.7. The summed E-state index contributed by atoms with van der Waals surface area (Å²) in [5.74, 6) is 0.301. The summed E-state index contributed by atoms with van der Waals surface area (Å²) in [6, 6.07) is 12.1. The fourth-order valence-electron chi connectivity index (χ4n) is 4.61. The third-order valence-corrected chi connectivity index (χ3v) is 6.09. The normalized spacial score (nSPS) is 27.2. The number of hydrogen-bond donors (Lipinski definition) is 0. The Morgan fingerprint density at radius 3 is 2.69 bits per heavy atom. The van der Waals surface area contributed by atoms with Crippen molar-refractivity contribution in [1.82, 2.24) is 9.97 Å². The summed E-state index contributed by atoms with van der Waals surface area (Å²) in [5.41, 5.74) is 2.37. The summed E-state index contributed by atoms with van der Waals surface area (Å²) in [7, 11) is 0. The zero-order chi connectivity index (χ0) is 18.5. The van der Waals surface area contributed by atoms with Crippen molar-refractivity contribution in [2.45, 2.75) is 32.1 Å². The molecule has 0 spiro atoms. The number of ketones is 1. The summed E-state index contributed by atoms with van der Waals surface area (Å²) in [4.78, 5) is 21.8. The van der Waals surface area contributed by atoms with Gasteiger partial charge in [0.1, 0.15) is 17.0 Å². The molecule has 0 unspecified atom stereocenters. The first-order valence-electron chi connectivity index (χ1n) is 8.75. The number of hydrogen-bond acceptors (Lipinski definition) is 4. The van der Waals surface area contributed by atoms with E-state index in [-0.39, 0.29) is 23.2 Å². The molecule has 2 aliphatic carbocycles. The number of halogens is 1. The Balaban J connectivity index is 2.13. The smallest absolute Gasteiger partial charge is 0.176 e.